The molecule has 0 saturated heterocycles. The SMILES string of the molecule is Cc1cc(=O)oc2cc(OCC(=O)NC(CC(=O)O)C(=O)O)ccc12. The van der Waals surface area contributed by atoms with E-state index in [0.29, 0.717) is 5.39 Å². The topological polar surface area (TPSA) is 143 Å². The number of carboxylic acid groups (broad SMARTS) is 2. The molecule has 0 fully saturated rings. The highest BCUT2D eigenvalue weighted by molar-refractivity contribution is 5.87. The van der Waals surface area contributed by atoms with Gasteiger partial charge in [-0.3, -0.25) is 9.59 Å². The molecule has 0 aliphatic carbocycles. The summed E-state index contributed by atoms with van der Waals surface area (Å²) < 4.78 is 10.3. The standard InChI is InChI=1S/C16H15NO8/c1-8-4-15(21)25-12-5-9(2-3-10(8)12)24-7-13(18)17-11(16(22)23)6-14(19)20/h2-5,11H,6-7H2,1H3,(H,17,18)(H,19,20)(H,22,23). The molecular weight excluding hydrogens is 334 g/mol. The second kappa shape index (κ2) is 7.47. The van der Waals surface area contributed by atoms with E-state index >= 15 is 0 Å². The number of aryl methyl sites for hydroxylation is 1. The van der Waals surface area contributed by atoms with Crippen LogP contribution in [0.1, 0.15) is 12.0 Å². The fraction of sp³-hybridized carbons (Fsp3) is 0.250. The number of hydrogen-bond donors (Lipinski definition) is 3. The zero-order chi connectivity index (χ0) is 18.6. The van der Waals surface area contributed by atoms with E-state index in [1.807, 2.05) is 0 Å². The van der Waals surface area contributed by atoms with Crippen LogP contribution in [-0.2, 0) is 14.4 Å². The molecule has 9 nitrogen and oxygen atoms in total. The first-order chi connectivity index (χ1) is 11.8. The molecule has 2 rings (SSSR count). The van der Waals surface area contributed by atoms with Crippen LogP contribution < -0.4 is 15.7 Å². The summed E-state index contributed by atoms with van der Waals surface area (Å²) in [7, 11) is 0. The van der Waals surface area contributed by atoms with Crippen molar-refractivity contribution in [2.45, 2.75) is 19.4 Å². The van der Waals surface area contributed by atoms with Crippen molar-refractivity contribution in [3.05, 3.63) is 40.2 Å². The molecule has 1 amide bonds. The molecule has 25 heavy (non-hydrogen) atoms. The molecule has 0 radical (unpaired) electrons. The first kappa shape index (κ1) is 18.0. The number of aliphatic carboxylic acids is 2. The molecule has 3 N–H and O–H groups in total. The van der Waals surface area contributed by atoms with E-state index in [1.54, 1.807) is 19.1 Å². The molecule has 1 unspecified atom stereocenters. The minimum atomic E-state index is -1.55. The molecule has 0 spiro atoms. The van der Waals surface area contributed by atoms with Crippen LogP contribution in [0, 0.1) is 6.92 Å². The molecule has 1 heterocycles. The lowest BCUT2D eigenvalue weighted by atomic mass is 10.1. The number of nitrogens with one attached hydrogen (secondary N) is 1. The van der Waals surface area contributed by atoms with Crippen molar-refractivity contribution in [2.75, 3.05) is 6.61 Å². The Bertz CT molecular complexity index is 885. The van der Waals surface area contributed by atoms with Gasteiger partial charge in [-0.25, -0.2) is 9.59 Å². The second-order valence-electron chi connectivity index (χ2n) is 5.25. The number of rotatable bonds is 7. The Hall–Kier alpha value is -3.36. The van der Waals surface area contributed by atoms with Gasteiger partial charge in [0.15, 0.2) is 6.61 Å². The number of benzene rings is 1. The third-order valence-corrected chi connectivity index (χ3v) is 3.30. The van der Waals surface area contributed by atoms with E-state index in [9.17, 15) is 19.2 Å². The van der Waals surface area contributed by atoms with Crippen LogP contribution in [0.25, 0.3) is 11.0 Å². The number of carboxylic acids is 2. The molecule has 0 bridgehead atoms. The van der Waals surface area contributed by atoms with E-state index in [2.05, 4.69) is 5.32 Å². The third kappa shape index (κ3) is 4.80. The van der Waals surface area contributed by atoms with Crippen molar-refractivity contribution in [1.82, 2.24) is 5.32 Å². The number of ether oxygens (including phenoxy) is 1. The molecule has 132 valence electrons. The van der Waals surface area contributed by atoms with Gasteiger partial charge in [-0.1, -0.05) is 0 Å². The molecule has 0 aliphatic rings. The predicted molar refractivity (Wildman–Crippen MR) is 84.5 cm³/mol. The van der Waals surface area contributed by atoms with E-state index in [1.165, 1.54) is 12.1 Å². The lowest BCUT2D eigenvalue weighted by Gasteiger charge is -2.13. The van der Waals surface area contributed by atoms with Gasteiger partial charge in [0.05, 0.1) is 6.42 Å². The smallest absolute Gasteiger partial charge is 0.336 e. The molecule has 1 aromatic carbocycles. The van der Waals surface area contributed by atoms with Crippen molar-refractivity contribution in [1.29, 1.82) is 0 Å². The summed E-state index contributed by atoms with van der Waals surface area (Å²) in [4.78, 5) is 44.6. The second-order valence-corrected chi connectivity index (χ2v) is 5.25. The maximum atomic E-state index is 11.7. The van der Waals surface area contributed by atoms with Gasteiger partial charge >= 0.3 is 17.6 Å². The van der Waals surface area contributed by atoms with Crippen LogP contribution in [-0.4, -0.2) is 40.7 Å². The molecule has 0 saturated carbocycles. The van der Waals surface area contributed by atoms with Crippen LogP contribution >= 0.6 is 0 Å². The highest BCUT2D eigenvalue weighted by Gasteiger charge is 2.23. The number of amides is 1. The summed E-state index contributed by atoms with van der Waals surface area (Å²) in [6, 6.07) is 4.46. The molecule has 1 aromatic heterocycles. The maximum absolute atomic E-state index is 11.7. The van der Waals surface area contributed by atoms with Gasteiger partial charge in [0, 0.05) is 17.5 Å². The van der Waals surface area contributed by atoms with Crippen molar-refractivity contribution >= 4 is 28.8 Å². The van der Waals surface area contributed by atoms with Crippen LogP contribution in [0.5, 0.6) is 5.75 Å². The van der Waals surface area contributed by atoms with Crippen molar-refractivity contribution < 1.29 is 33.8 Å². The highest BCUT2D eigenvalue weighted by Crippen LogP contribution is 2.22. The summed E-state index contributed by atoms with van der Waals surface area (Å²) >= 11 is 0. The Kier molecular flexibility index (Phi) is 5.38. The van der Waals surface area contributed by atoms with E-state index in [4.69, 9.17) is 19.4 Å². The first-order valence-corrected chi connectivity index (χ1v) is 7.17. The average molecular weight is 349 g/mol. The van der Waals surface area contributed by atoms with E-state index < -0.39 is 42.5 Å². The highest BCUT2D eigenvalue weighted by atomic mass is 16.5. The van der Waals surface area contributed by atoms with Crippen LogP contribution in [0.3, 0.4) is 0 Å². The predicted octanol–water partition coefficient (Wildman–Crippen LogP) is 0.524. The normalized spacial score (nSPS) is 11.7. The Morgan fingerprint density at radius 1 is 1.24 bits per heavy atom. The van der Waals surface area contributed by atoms with E-state index in [0.717, 1.165) is 5.56 Å². The Balaban J connectivity index is 2.04. The van der Waals surface area contributed by atoms with Gasteiger partial charge in [-0.05, 0) is 24.6 Å². The molecule has 0 aliphatic heterocycles. The summed E-state index contributed by atoms with van der Waals surface area (Å²) in [6.45, 7) is 1.23. The third-order valence-electron chi connectivity index (χ3n) is 3.30. The van der Waals surface area contributed by atoms with Gasteiger partial charge in [0.1, 0.15) is 17.4 Å². The average Bonchev–Trinajstić information content (AvgIpc) is 2.51. The van der Waals surface area contributed by atoms with Gasteiger partial charge < -0.3 is 24.7 Å². The molecule has 1 atom stereocenters. The zero-order valence-corrected chi connectivity index (χ0v) is 13.1. The Morgan fingerprint density at radius 2 is 1.96 bits per heavy atom. The van der Waals surface area contributed by atoms with Gasteiger partial charge in [0.25, 0.3) is 5.91 Å². The molecule has 9 heteroatoms. The lowest BCUT2D eigenvalue weighted by molar-refractivity contribution is -0.147. The fourth-order valence-electron chi connectivity index (χ4n) is 2.15. The lowest BCUT2D eigenvalue weighted by Crippen LogP contribution is -2.44. The Labute approximate surface area is 140 Å². The van der Waals surface area contributed by atoms with Gasteiger partial charge in [-0.15, -0.1) is 0 Å². The number of fused-ring (bicyclic) bond motifs is 1. The van der Waals surface area contributed by atoms with Gasteiger partial charge in [-0.2, -0.15) is 0 Å². The minimum Gasteiger partial charge on any atom is -0.484 e. The first-order valence-electron chi connectivity index (χ1n) is 7.17. The van der Waals surface area contributed by atoms with Crippen molar-refractivity contribution in [2.24, 2.45) is 0 Å². The minimum absolute atomic E-state index is 0.238. The zero-order valence-electron chi connectivity index (χ0n) is 13.1. The van der Waals surface area contributed by atoms with Gasteiger partial charge in [0.2, 0.25) is 0 Å². The van der Waals surface area contributed by atoms with Crippen LogP contribution in [0.4, 0.5) is 0 Å². The van der Waals surface area contributed by atoms with Crippen molar-refractivity contribution in [3.63, 3.8) is 0 Å². The van der Waals surface area contributed by atoms with Crippen LogP contribution in [0.15, 0.2) is 33.5 Å². The monoisotopic (exact) mass is 349 g/mol. The quantitative estimate of drug-likeness (QED) is 0.614. The number of carbonyl (C=O) groups excluding carboxylic acids is 1. The van der Waals surface area contributed by atoms with Crippen LogP contribution in [0.2, 0.25) is 0 Å². The van der Waals surface area contributed by atoms with E-state index in [-0.39, 0.29) is 11.3 Å². The largest absolute Gasteiger partial charge is 0.484 e. The summed E-state index contributed by atoms with van der Waals surface area (Å²) in [5.74, 6) is -3.37. The Morgan fingerprint density at radius 3 is 2.60 bits per heavy atom. The summed E-state index contributed by atoms with van der Waals surface area (Å²) in [5.41, 5.74) is 0.503. The summed E-state index contributed by atoms with van der Waals surface area (Å²) in [6.07, 6.45) is -0.749. The van der Waals surface area contributed by atoms with Crippen molar-refractivity contribution in [3.8, 4) is 5.75 Å². The number of hydrogen-bond acceptors (Lipinski definition) is 6. The fourth-order valence-corrected chi connectivity index (χ4v) is 2.15. The number of carbonyl (C=O) groups is 3. The molecule has 2 aromatic rings. The maximum Gasteiger partial charge on any atom is 0.336 e. The molecular formula is C16H15NO8. The summed E-state index contributed by atoms with van der Waals surface area (Å²) in [5, 5.41) is 20.3.